The van der Waals surface area contributed by atoms with Gasteiger partial charge >= 0.3 is 17.8 Å². The van der Waals surface area contributed by atoms with E-state index in [1.807, 2.05) is 0 Å². The second-order valence-electron chi connectivity index (χ2n) is 6.89. The minimum Gasteiger partial charge on any atom is -0.462 e. The molecular weight excluding hydrogens is 476 g/mol. The van der Waals surface area contributed by atoms with Crippen molar-refractivity contribution in [1.82, 2.24) is 10.1 Å². The molecule has 2 aromatic carbocycles. The van der Waals surface area contributed by atoms with Crippen LogP contribution in [0.4, 0.5) is 5.69 Å². The Morgan fingerprint density at radius 3 is 2.37 bits per heavy atom. The molecule has 0 bridgehead atoms. The van der Waals surface area contributed by atoms with E-state index in [2.05, 4.69) is 20.6 Å². The van der Waals surface area contributed by atoms with Crippen LogP contribution in [-0.4, -0.2) is 39.0 Å². The van der Waals surface area contributed by atoms with Crippen LogP contribution in [0.5, 0.6) is 0 Å². The first-order valence-corrected chi connectivity index (χ1v) is 11.8. The maximum Gasteiger partial charge on any atom is 0.338 e. The number of rotatable bonds is 9. The molecule has 1 aromatic heterocycles. The monoisotopic (exact) mass is 498 g/mol. The van der Waals surface area contributed by atoms with Gasteiger partial charge in [0.25, 0.3) is 0 Å². The molecule has 0 saturated heterocycles. The zero-order valence-corrected chi connectivity index (χ0v) is 19.4. The molecule has 182 valence electrons. The summed E-state index contributed by atoms with van der Waals surface area (Å²) in [6.07, 6.45) is 1.16. The first-order chi connectivity index (χ1) is 16.8. The molecule has 0 spiro atoms. The number of furan rings is 1. The van der Waals surface area contributed by atoms with Crippen molar-refractivity contribution in [3.05, 3.63) is 83.8 Å². The summed E-state index contributed by atoms with van der Waals surface area (Å²) in [5.74, 6) is -1.94. The topological polar surface area (TPSA) is 156 Å². The van der Waals surface area contributed by atoms with Crippen LogP contribution in [0.25, 0.3) is 0 Å². The maximum atomic E-state index is 12.2. The average molecular weight is 499 g/mol. The molecule has 2 amide bonds. The molecule has 11 nitrogen and oxygen atoms in total. The number of nitrogens with zero attached hydrogens (tertiary/aromatic N) is 1. The molecule has 35 heavy (non-hydrogen) atoms. The Morgan fingerprint density at radius 2 is 1.69 bits per heavy atom. The van der Waals surface area contributed by atoms with Gasteiger partial charge in [-0.3, -0.25) is 9.59 Å². The van der Waals surface area contributed by atoms with E-state index in [0.717, 1.165) is 6.21 Å². The molecule has 12 heteroatoms. The standard InChI is InChI=1S/C23H22N4O7S/c1-2-33-23(30)16-8-10-17(11-9-16)26-21(28)22(29)27-24-14-18-12-13-19(34-18)15-25-35(31,32)20-6-4-3-5-7-20/h3-14,25H,2,15H2,1H3,(H,26,28)(H,27,29)/b24-14+. The Morgan fingerprint density at radius 1 is 0.971 bits per heavy atom. The molecular formula is C23H22N4O7S. The summed E-state index contributed by atoms with van der Waals surface area (Å²) in [5.41, 5.74) is 2.67. The number of carbonyl (C=O) groups is 3. The molecule has 3 rings (SSSR count). The van der Waals surface area contributed by atoms with Gasteiger partial charge in [-0.2, -0.15) is 5.10 Å². The predicted octanol–water partition coefficient (Wildman–Crippen LogP) is 2.02. The molecule has 3 aromatic rings. The summed E-state index contributed by atoms with van der Waals surface area (Å²) in [6.45, 7) is 1.84. The van der Waals surface area contributed by atoms with E-state index >= 15 is 0 Å². The summed E-state index contributed by atoms with van der Waals surface area (Å²) < 4.78 is 37.2. The van der Waals surface area contributed by atoms with Crippen LogP contribution < -0.4 is 15.5 Å². The van der Waals surface area contributed by atoms with Gasteiger partial charge < -0.3 is 14.5 Å². The third kappa shape index (κ3) is 7.35. The van der Waals surface area contributed by atoms with E-state index in [-0.39, 0.29) is 23.8 Å². The smallest absolute Gasteiger partial charge is 0.338 e. The first-order valence-electron chi connectivity index (χ1n) is 10.3. The van der Waals surface area contributed by atoms with Crippen molar-refractivity contribution in [2.75, 3.05) is 11.9 Å². The van der Waals surface area contributed by atoms with Gasteiger partial charge in [-0.05, 0) is 55.5 Å². The van der Waals surface area contributed by atoms with E-state index in [1.165, 1.54) is 42.5 Å². The maximum absolute atomic E-state index is 12.2. The average Bonchev–Trinajstić information content (AvgIpc) is 3.31. The van der Waals surface area contributed by atoms with Gasteiger partial charge in [-0.1, -0.05) is 18.2 Å². The summed E-state index contributed by atoms with van der Waals surface area (Å²) in [4.78, 5) is 35.7. The van der Waals surface area contributed by atoms with E-state index in [1.54, 1.807) is 31.2 Å². The molecule has 0 fully saturated rings. The van der Waals surface area contributed by atoms with Gasteiger partial charge in [0, 0.05) is 5.69 Å². The van der Waals surface area contributed by atoms with Crippen LogP contribution in [-0.2, 0) is 30.9 Å². The highest BCUT2D eigenvalue weighted by Crippen LogP contribution is 2.12. The molecule has 0 aliphatic rings. The minimum absolute atomic E-state index is 0.0885. The largest absolute Gasteiger partial charge is 0.462 e. The number of carbonyl (C=O) groups excluding carboxylic acids is 3. The summed E-state index contributed by atoms with van der Waals surface area (Å²) >= 11 is 0. The lowest BCUT2D eigenvalue weighted by Crippen LogP contribution is -2.32. The Kier molecular flexibility index (Phi) is 8.48. The number of ether oxygens (including phenoxy) is 1. The number of esters is 1. The van der Waals surface area contributed by atoms with Crippen molar-refractivity contribution in [2.24, 2.45) is 5.10 Å². The normalized spacial score (nSPS) is 11.2. The summed E-state index contributed by atoms with van der Waals surface area (Å²) in [5, 5.41) is 6.02. The second kappa shape index (κ2) is 11.7. The lowest BCUT2D eigenvalue weighted by Gasteiger charge is -2.05. The fourth-order valence-corrected chi connectivity index (χ4v) is 3.72. The second-order valence-corrected chi connectivity index (χ2v) is 8.66. The highest BCUT2D eigenvalue weighted by molar-refractivity contribution is 7.89. The molecule has 0 saturated carbocycles. The van der Waals surface area contributed by atoms with Gasteiger partial charge in [-0.25, -0.2) is 23.4 Å². The van der Waals surface area contributed by atoms with Crippen molar-refractivity contribution in [1.29, 1.82) is 0 Å². The number of benzene rings is 2. The van der Waals surface area contributed by atoms with E-state index in [0.29, 0.717) is 17.0 Å². The van der Waals surface area contributed by atoms with Crippen LogP contribution in [0.15, 0.2) is 81.1 Å². The lowest BCUT2D eigenvalue weighted by atomic mass is 10.2. The minimum atomic E-state index is -3.69. The van der Waals surface area contributed by atoms with Crippen molar-refractivity contribution >= 4 is 39.7 Å². The fraction of sp³-hybridized carbons (Fsp3) is 0.130. The van der Waals surface area contributed by atoms with Crippen LogP contribution in [0.3, 0.4) is 0 Å². The van der Waals surface area contributed by atoms with Crippen LogP contribution >= 0.6 is 0 Å². The van der Waals surface area contributed by atoms with Gasteiger partial charge in [0.05, 0.1) is 29.8 Å². The highest BCUT2D eigenvalue weighted by Gasteiger charge is 2.15. The van der Waals surface area contributed by atoms with Crippen LogP contribution in [0.2, 0.25) is 0 Å². The Bertz CT molecular complexity index is 1320. The Balaban J connectivity index is 1.47. The highest BCUT2D eigenvalue weighted by atomic mass is 32.2. The van der Waals surface area contributed by atoms with Crippen molar-refractivity contribution in [3.63, 3.8) is 0 Å². The SMILES string of the molecule is CCOC(=O)c1ccc(NC(=O)C(=O)N/N=C/c2ccc(CNS(=O)(=O)c3ccccc3)o2)cc1. The number of nitrogens with one attached hydrogen (secondary N) is 3. The number of hydrazone groups is 1. The third-order valence-corrected chi connectivity index (χ3v) is 5.81. The number of hydrogen-bond donors (Lipinski definition) is 3. The zero-order chi connectivity index (χ0) is 25.3. The molecule has 0 atom stereocenters. The summed E-state index contributed by atoms with van der Waals surface area (Å²) in [7, 11) is -3.69. The van der Waals surface area contributed by atoms with Crippen molar-refractivity contribution < 1.29 is 32.0 Å². The van der Waals surface area contributed by atoms with Crippen LogP contribution in [0.1, 0.15) is 28.8 Å². The molecule has 0 unspecified atom stereocenters. The Hall–Kier alpha value is -4.29. The molecule has 0 radical (unpaired) electrons. The number of anilines is 1. The third-order valence-electron chi connectivity index (χ3n) is 4.39. The number of sulfonamides is 1. The van der Waals surface area contributed by atoms with E-state index in [9.17, 15) is 22.8 Å². The quantitative estimate of drug-likeness (QED) is 0.176. The first kappa shape index (κ1) is 25.3. The Labute approximate surface area is 201 Å². The van der Waals surface area contributed by atoms with Crippen molar-refractivity contribution in [2.45, 2.75) is 18.4 Å². The zero-order valence-electron chi connectivity index (χ0n) is 18.6. The van der Waals surface area contributed by atoms with E-state index in [4.69, 9.17) is 9.15 Å². The number of amides is 2. The fourth-order valence-electron chi connectivity index (χ4n) is 2.71. The van der Waals surface area contributed by atoms with Gasteiger partial charge in [0.15, 0.2) is 0 Å². The molecule has 0 aliphatic heterocycles. The lowest BCUT2D eigenvalue weighted by molar-refractivity contribution is -0.136. The van der Waals surface area contributed by atoms with Gasteiger partial charge in [0.2, 0.25) is 10.0 Å². The number of hydrogen-bond acceptors (Lipinski definition) is 8. The van der Waals surface area contributed by atoms with E-state index < -0.39 is 27.8 Å². The van der Waals surface area contributed by atoms with Gasteiger partial charge in [-0.15, -0.1) is 0 Å². The van der Waals surface area contributed by atoms with Gasteiger partial charge in [0.1, 0.15) is 11.5 Å². The molecule has 3 N–H and O–H groups in total. The predicted molar refractivity (Wildman–Crippen MR) is 126 cm³/mol. The molecule has 0 aliphatic carbocycles. The molecule has 1 heterocycles. The van der Waals surface area contributed by atoms with Crippen molar-refractivity contribution in [3.8, 4) is 0 Å². The summed E-state index contributed by atoms with van der Waals surface area (Å²) in [6, 6.07) is 16.8. The van der Waals surface area contributed by atoms with Crippen LogP contribution in [0, 0.1) is 0 Å².